The maximum atomic E-state index is 12.7. The van der Waals surface area contributed by atoms with Gasteiger partial charge in [-0.05, 0) is 36.9 Å². The highest BCUT2D eigenvalue weighted by Gasteiger charge is 2.19. The normalized spacial score (nSPS) is 10.7. The summed E-state index contributed by atoms with van der Waals surface area (Å²) in [4.78, 5) is 15.6. The van der Waals surface area contributed by atoms with Gasteiger partial charge in [0.1, 0.15) is 0 Å². The number of benzene rings is 2. The zero-order valence-corrected chi connectivity index (χ0v) is 12.5. The monoisotopic (exact) mass is 273 g/mol. The number of hydrogen-bond donors (Lipinski definition) is 0. The van der Waals surface area contributed by atoms with E-state index >= 15 is 0 Å². The Morgan fingerprint density at radius 2 is 1.79 bits per heavy atom. The van der Waals surface area contributed by atoms with Crippen LogP contribution in [0.5, 0.6) is 0 Å². The second-order valence-electron chi connectivity index (χ2n) is 4.34. The average molecular weight is 273 g/mol. The van der Waals surface area contributed by atoms with E-state index in [9.17, 15) is 4.79 Å². The minimum Gasteiger partial charge on any atom is -0.339 e. The molecule has 0 spiro atoms. The molecule has 0 atom stereocenters. The zero-order chi connectivity index (χ0) is 13.8. The third-order valence-electron chi connectivity index (χ3n) is 3.38. The number of thioether (sulfide) groups is 1. The van der Waals surface area contributed by atoms with Gasteiger partial charge in [-0.2, -0.15) is 0 Å². The van der Waals surface area contributed by atoms with Crippen LogP contribution in [0.1, 0.15) is 24.2 Å². The number of amides is 1. The van der Waals surface area contributed by atoms with Crippen LogP contribution in [0.3, 0.4) is 0 Å². The summed E-state index contributed by atoms with van der Waals surface area (Å²) in [6.45, 7) is 5.52. The number of nitrogens with zero attached hydrogens (tertiary/aromatic N) is 1. The number of carbonyl (C=O) groups excluding carboxylic acids is 1. The van der Waals surface area contributed by atoms with Crippen molar-refractivity contribution in [1.82, 2.24) is 4.90 Å². The largest absolute Gasteiger partial charge is 0.339 e. The summed E-state index contributed by atoms with van der Waals surface area (Å²) in [6.07, 6.45) is 2.02. The van der Waals surface area contributed by atoms with Crippen LogP contribution in [0.15, 0.2) is 41.3 Å². The molecule has 1 amide bonds. The van der Waals surface area contributed by atoms with E-state index in [0.29, 0.717) is 0 Å². The van der Waals surface area contributed by atoms with E-state index in [4.69, 9.17) is 0 Å². The second kappa shape index (κ2) is 6.11. The summed E-state index contributed by atoms with van der Waals surface area (Å²) in [7, 11) is 0. The minimum atomic E-state index is 0.131. The molecule has 2 rings (SSSR count). The quantitative estimate of drug-likeness (QED) is 0.783. The first-order chi connectivity index (χ1) is 9.22. The van der Waals surface area contributed by atoms with Crippen molar-refractivity contribution in [3.8, 4) is 0 Å². The molecule has 0 fully saturated rings. The van der Waals surface area contributed by atoms with Crippen LogP contribution in [0.2, 0.25) is 0 Å². The molecule has 2 aromatic rings. The summed E-state index contributed by atoms with van der Waals surface area (Å²) >= 11 is 1.63. The molecule has 2 nitrogen and oxygen atoms in total. The highest BCUT2D eigenvalue weighted by molar-refractivity contribution is 7.98. The molecule has 0 radical (unpaired) electrons. The Labute approximate surface area is 118 Å². The lowest BCUT2D eigenvalue weighted by atomic mass is 10.0. The van der Waals surface area contributed by atoms with Crippen molar-refractivity contribution >= 4 is 28.4 Å². The van der Waals surface area contributed by atoms with Crippen molar-refractivity contribution in [2.75, 3.05) is 19.3 Å². The Kier molecular flexibility index (Phi) is 4.48. The molecule has 0 heterocycles. The lowest BCUT2D eigenvalue weighted by Crippen LogP contribution is -2.31. The van der Waals surface area contributed by atoms with Gasteiger partial charge in [-0.25, -0.2) is 0 Å². The summed E-state index contributed by atoms with van der Waals surface area (Å²) in [5.74, 6) is 0.131. The van der Waals surface area contributed by atoms with E-state index in [1.807, 2.05) is 49.3 Å². The minimum absolute atomic E-state index is 0.131. The van der Waals surface area contributed by atoms with Crippen molar-refractivity contribution in [3.05, 3.63) is 42.0 Å². The van der Waals surface area contributed by atoms with Crippen molar-refractivity contribution in [1.29, 1.82) is 0 Å². The lowest BCUT2D eigenvalue weighted by molar-refractivity contribution is 0.0771. The highest BCUT2D eigenvalue weighted by atomic mass is 32.2. The molecule has 0 saturated carbocycles. The van der Waals surface area contributed by atoms with Gasteiger partial charge in [-0.1, -0.05) is 30.3 Å². The van der Waals surface area contributed by atoms with Gasteiger partial charge in [0.25, 0.3) is 5.91 Å². The van der Waals surface area contributed by atoms with E-state index in [1.54, 1.807) is 11.8 Å². The number of fused-ring (bicyclic) bond motifs is 1. The first-order valence-electron chi connectivity index (χ1n) is 6.57. The molecule has 0 aliphatic heterocycles. The molecule has 19 heavy (non-hydrogen) atoms. The first-order valence-corrected chi connectivity index (χ1v) is 7.80. The maximum absolute atomic E-state index is 12.7. The first kappa shape index (κ1) is 13.9. The van der Waals surface area contributed by atoms with Gasteiger partial charge in [0.15, 0.2) is 0 Å². The van der Waals surface area contributed by atoms with Gasteiger partial charge < -0.3 is 4.90 Å². The van der Waals surface area contributed by atoms with E-state index < -0.39 is 0 Å². The van der Waals surface area contributed by atoms with E-state index in [-0.39, 0.29) is 5.91 Å². The smallest absolute Gasteiger partial charge is 0.255 e. The predicted octanol–water partition coefficient (Wildman–Crippen LogP) is 4.04. The molecular formula is C16H19NOS. The topological polar surface area (TPSA) is 20.3 Å². The molecule has 0 aliphatic rings. The third-order valence-corrected chi connectivity index (χ3v) is 4.16. The van der Waals surface area contributed by atoms with Crippen LogP contribution in [0.25, 0.3) is 10.8 Å². The lowest BCUT2D eigenvalue weighted by Gasteiger charge is -2.21. The summed E-state index contributed by atoms with van der Waals surface area (Å²) in [6, 6.07) is 12.2. The zero-order valence-electron chi connectivity index (χ0n) is 11.6. The molecule has 0 N–H and O–H groups in total. The van der Waals surface area contributed by atoms with Crippen LogP contribution < -0.4 is 0 Å². The van der Waals surface area contributed by atoms with Gasteiger partial charge in [-0.3, -0.25) is 4.79 Å². The van der Waals surface area contributed by atoms with E-state index in [0.717, 1.165) is 34.3 Å². The third kappa shape index (κ3) is 2.61. The summed E-state index contributed by atoms with van der Waals surface area (Å²) in [5, 5.41) is 2.17. The van der Waals surface area contributed by atoms with Crippen molar-refractivity contribution in [3.63, 3.8) is 0 Å². The Bertz CT molecular complexity index is 590. The highest BCUT2D eigenvalue weighted by Crippen LogP contribution is 2.29. The summed E-state index contributed by atoms with van der Waals surface area (Å²) in [5.41, 5.74) is 0.842. The van der Waals surface area contributed by atoms with Gasteiger partial charge in [0.05, 0.1) is 5.56 Å². The van der Waals surface area contributed by atoms with Crippen molar-refractivity contribution in [2.45, 2.75) is 18.7 Å². The Balaban J connectivity index is 2.65. The van der Waals surface area contributed by atoms with Gasteiger partial charge in [0.2, 0.25) is 0 Å². The molecule has 0 saturated heterocycles. The van der Waals surface area contributed by atoms with Gasteiger partial charge >= 0.3 is 0 Å². The molecule has 2 aromatic carbocycles. The molecule has 0 bridgehead atoms. The van der Waals surface area contributed by atoms with E-state index in [2.05, 4.69) is 12.1 Å². The molecule has 0 aliphatic carbocycles. The van der Waals surface area contributed by atoms with Crippen LogP contribution in [-0.4, -0.2) is 30.2 Å². The van der Waals surface area contributed by atoms with Crippen LogP contribution in [-0.2, 0) is 0 Å². The molecule has 0 unspecified atom stereocenters. The average Bonchev–Trinajstić information content (AvgIpc) is 2.47. The van der Waals surface area contributed by atoms with Crippen molar-refractivity contribution in [2.24, 2.45) is 0 Å². The van der Waals surface area contributed by atoms with Gasteiger partial charge in [0, 0.05) is 18.0 Å². The molecular weight excluding hydrogens is 254 g/mol. The van der Waals surface area contributed by atoms with E-state index in [1.165, 1.54) is 0 Å². The van der Waals surface area contributed by atoms with Gasteiger partial charge in [-0.15, -0.1) is 11.8 Å². The molecule has 0 aromatic heterocycles. The fourth-order valence-electron chi connectivity index (χ4n) is 2.31. The fourth-order valence-corrected chi connectivity index (χ4v) is 2.92. The van der Waals surface area contributed by atoms with Crippen LogP contribution >= 0.6 is 11.8 Å². The number of rotatable bonds is 4. The second-order valence-corrected chi connectivity index (χ2v) is 5.19. The molecule has 100 valence electrons. The maximum Gasteiger partial charge on any atom is 0.255 e. The summed E-state index contributed by atoms with van der Waals surface area (Å²) < 4.78 is 0. The number of carbonyl (C=O) groups is 1. The standard InChI is InChI=1S/C16H19NOS/c1-4-17(5-2)16(18)15-13-9-7-6-8-12(13)10-11-14(15)19-3/h6-11H,4-5H2,1-3H3. The SMILES string of the molecule is CCN(CC)C(=O)c1c(SC)ccc2ccccc12. The predicted molar refractivity (Wildman–Crippen MR) is 83.0 cm³/mol. The Morgan fingerprint density at radius 1 is 1.11 bits per heavy atom. The Hall–Kier alpha value is -1.48. The van der Waals surface area contributed by atoms with Crippen molar-refractivity contribution < 1.29 is 4.79 Å². The molecule has 3 heteroatoms. The fraction of sp³-hybridized carbons (Fsp3) is 0.312. The number of hydrogen-bond acceptors (Lipinski definition) is 2. The van der Waals surface area contributed by atoms with Crippen LogP contribution in [0.4, 0.5) is 0 Å². The Morgan fingerprint density at radius 3 is 2.42 bits per heavy atom. The van der Waals surface area contributed by atoms with Crippen LogP contribution in [0, 0.1) is 0 Å².